The molecule has 0 aliphatic carbocycles. The Balaban J connectivity index is 2.16. The topological polar surface area (TPSA) is 142 Å². The van der Waals surface area contributed by atoms with Crippen LogP contribution in [0.5, 0.6) is 5.75 Å². The van der Waals surface area contributed by atoms with Crippen LogP contribution in [0.1, 0.15) is 6.42 Å². The van der Waals surface area contributed by atoms with E-state index in [1.165, 1.54) is 12.4 Å². The number of hydrogen-bond acceptors (Lipinski definition) is 9. The number of nitroso groups, excluding NO2 is 1. The zero-order valence-electron chi connectivity index (χ0n) is 15.0. The molecule has 27 heavy (non-hydrogen) atoms. The van der Waals surface area contributed by atoms with E-state index in [2.05, 4.69) is 20.8 Å². The second kappa shape index (κ2) is 10.5. The average Bonchev–Trinajstić information content (AvgIpc) is 2.65. The van der Waals surface area contributed by atoms with E-state index < -0.39 is 24.2 Å². The zero-order chi connectivity index (χ0) is 19.8. The van der Waals surface area contributed by atoms with Crippen molar-refractivity contribution in [3.8, 4) is 5.75 Å². The monoisotopic (exact) mass is 400 g/mol. The van der Waals surface area contributed by atoms with Crippen molar-refractivity contribution >= 4 is 23.2 Å². The van der Waals surface area contributed by atoms with Gasteiger partial charge in [-0.15, -0.1) is 16.5 Å². The number of amides is 1. The first-order valence-electron chi connectivity index (χ1n) is 8.62. The molecule has 1 aromatic rings. The third-order valence-electron chi connectivity index (χ3n) is 4.24. The molecule has 1 saturated heterocycles. The number of nitrogens with one attached hydrogen (secondary N) is 2. The van der Waals surface area contributed by atoms with Gasteiger partial charge in [-0.05, 0) is 7.05 Å². The van der Waals surface area contributed by atoms with E-state index in [1.807, 2.05) is 4.90 Å². The molecule has 1 aromatic heterocycles. The van der Waals surface area contributed by atoms with E-state index in [0.29, 0.717) is 30.9 Å². The molecule has 0 aromatic carbocycles. The maximum Gasteiger partial charge on any atom is 0.234 e. The maximum absolute atomic E-state index is 12.9. The van der Waals surface area contributed by atoms with Crippen LogP contribution in [-0.2, 0) is 4.79 Å². The summed E-state index contributed by atoms with van der Waals surface area (Å²) >= 11 is 6.12. The van der Waals surface area contributed by atoms with E-state index >= 15 is 0 Å². The lowest BCUT2D eigenvalue weighted by Gasteiger charge is -2.40. The normalized spacial score (nSPS) is 22.7. The van der Waals surface area contributed by atoms with Crippen molar-refractivity contribution in [3.63, 3.8) is 0 Å². The molecule has 0 bridgehead atoms. The first-order valence-corrected chi connectivity index (χ1v) is 9.05. The van der Waals surface area contributed by atoms with Gasteiger partial charge in [0.2, 0.25) is 5.91 Å². The lowest BCUT2D eigenvalue weighted by molar-refractivity contribution is -0.123. The van der Waals surface area contributed by atoms with E-state index in [9.17, 15) is 9.70 Å². The molecule has 1 amide bonds. The van der Waals surface area contributed by atoms with E-state index in [4.69, 9.17) is 27.2 Å². The summed E-state index contributed by atoms with van der Waals surface area (Å²) in [4.78, 5) is 29.8. The Morgan fingerprint density at radius 3 is 3.11 bits per heavy atom. The Bertz CT molecular complexity index is 637. The second-order valence-electron chi connectivity index (χ2n) is 6.30. The van der Waals surface area contributed by atoms with Gasteiger partial charge in [0, 0.05) is 38.4 Å². The number of aromatic nitrogens is 1. The number of aliphatic hydroxyl groups is 1. The second-order valence-corrected chi connectivity index (χ2v) is 6.92. The van der Waals surface area contributed by atoms with Gasteiger partial charge in [0.15, 0.2) is 6.17 Å². The fourth-order valence-corrected chi connectivity index (χ4v) is 3.22. The summed E-state index contributed by atoms with van der Waals surface area (Å²) in [7, 11) is 1.79. The van der Waals surface area contributed by atoms with Gasteiger partial charge in [-0.25, -0.2) is 0 Å². The molecule has 150 valence electrons. The molecule has 0 radical (unpaired) electrons. The molecule has 0 saturated carbocycles. The van der Waals surface area contributed by atoms with Crippen molar-refractivity contribution in [2.45, 2.75) is 24.1 Å². The number of aliphatic hydroxyl groups excluding tert-OH is 1. The Kier molecular flexibility index (Phi) is 8.32. The number of rotatable bonds is 9. The number of carbonyl (C=O) groups excluding carboxylic acids is 1. The highest BCUT2D eigenvalue weighted by atomic mass is 35.5. The van der Waals surface area contributed by atoms with Crippen molar-refractivity contribution in [1.29, 1.82) is 0 Å². The number of ether oxygens (including phenoxy) is 1. The summed E-state index contributed by atoms with van der Waals surface area (Å²) in [5.74, 6) is -1.02. The lowest BCUT2D eigenvalue weighted by atomic mass is 9.98. The Morgan fingerprint density at radius 1 is 1.67 bits per heavy atom. The number of hydrogen-bond donors (Lipinski definition) is 4. The maximum atomic E-state index is 12.9. The highest BCUT2D eigenvalue weighted by Crippen LogP contribution is 2.25. The van der Waals surface area contributed by atoms with Crippen molar-refractivity contribution in [2.75, 3.05) is 38.7 Å². The van der Waals surface area contributed by atoms with Crippen LogP contribution in [0.2, 0.25) is 0 Å². The van der Waals surface area contributed by atoms with Crippen LogP contribution in [0.4, 0.5) is 5.69 Å². The number of pyridine rings is 1. The van der Waals surface area contributed by atoms with Crippen molar-refractivity contribution in [2.24, 2.45) is 16.8 Å². The van der Waals surface area contributed by atoms with Gasteiger partial charge in [0.05, 0.1) is 24.3 Å². The summed E-state index contributed by atoms with van der Waals surface area (Å²) in [6, 6.07) is 1.60. The van der Waals surface area contributed by atoms with Crippen LogP contribution >= 0.6 is 11.6 Å². The van der Waals surface area contributed by atoms with E-state index in [0.717, 1.165) is 0 Å². The Morgan fingerprint density at radius 2 is 2.44 bits per heavy atom. The molecule has 2 heterocycles. The minimum atomic E-state index is -1.24. The van der Waals surface area contributed by atoms with Gasteiger partial charge in [-0.2, -0.15) is 0 Å². The minimum Gasteiger partial charge on any atom is -0.491 e. The van der Waals surface area contributed by atoms with Crippen molar-refractivity contribution < 1.29 is 14.6 Å². The molecule has 2 rings (SSSR count). The molecule has 1 aliphatic rings. The van der Waals surface area contributed by atoms with E-state index in [-0.39, 0.29) is 18.6 Å². The Labute approximate surface area is 162 Å². The fourth-order valence-electron chi connectivity index (χ4n) is 2.91. The summed E-state index contributed by atoms with van der Waals surface area (Å²) in [6.07, 6.45) is 1.68. The van der Waals surface area contributed by atoms with Crippen molar-refractivity contribution in [1.82, 2.24) is 15.2 Å². The molecular formula is C16H25ClN6O4. The molecule has 5 N–H and O–H groups in total. The molecule has 11 heteroatoms. The lowest BCUT2D eigenvalue weighted by Crippen LogP contribution is -2.62. The predicted molar refractivity (Wildman–Crippen MR) is 101 cm³/mol. The standard InChI is InChI=1S/C16H25ClN6O4/c1-23-9-10(17)7-20-15(23)13(14(18)22-26)16(25)21-11-8-19-4-3-12(11)27-6-2-5-24/h3-4,8,10,13-15,20,24H,2,5-7,9,18H2,1H3,(H,21,25). The number of nitrogens with zero attached hydrogens (tertiary/aromatic N) is 3. The van der Waals surface area contributed by atoms with Gasteiger partial charge >= 0.3 is 0 Å². The molecule has 4 atom stereocenters. The largest absolute Gasteiger partial charge is 0.491 e. The third kappa shape index (κ3) is 5.81. The smallest absolute Gasteiger partial charge is 0.234 e. The Hall–Kier alpha value is -1.85. The SMILES string of the molecule is CN1CC(Cl)CNC1C(C(=O)Nc1cnccc1OCCCO)C(N)N=O. The van der Waals surface area contributed by atoms with Gasteiger partial charge in [-0.3, -0.25) is 20.0 Å². The van der Waals surface area contributed by atoms with Gasteiger partial charge in [0.1, 0.15) is 17.4 Å². The van der Waals surface area contributed by atoms with Gasteiger partial charge in [0.25, 0.3) is 0 Å². The minimum absolute atomic E-state index is 0.00401. The fraction of sp³-hybridized carbons (Fsp3) is 0.625. The number of alkyl halides is 1. The summed E-state index contributed by atoms with van der Waals surface area (Å²) in [5.41, 5.74) is 6.17. The van der Waals surface area contributed by atoms with Crippen LogP contribution in [0.15, 0.2) is 23.6 Å². The molecule has 1 fully saturated rings. The molecule has 1 aliphatic heterocycles. The summed E-state index contributed by atoms with van der Waals surface area (Å²) in [5, 5.41) is 17.5. The van der Waals surface area contributed by atoms with Crippen LogP contribution in [0.25, 0.3) is 0 Å². The van der Waals surface area contributed by atoms with Crippen LogP contribution in [-0.4, -0.2) is 72.0 Å². The van der Waals surface area contributed by atoms with Crippen LogP contribution < -0.4 is 21.1 Å². The first kappa shape index (κ1) is 21.5. The molecular weight excluding hydrogens is 376 g/mol. The van der Waals surface area contributed by atoms with Crippen LogP contribution in [0, 0.1) is 10.8 Å². The highest BCUT2D eigenvalue weighted by molar-refractivity contribution is 6.21. The summed E-state index contributed by atoms with van der Waals surface area (Å²) < 4.78 is 5.55. The van der Waals surface area contributed by atoms with Gasteiger partial charge < -0.3 is 20.9 Å². The average molecular weight is 401 g/mol. The van der Waals surface area contributed by atoms with Gasteiger partial charge in [-0.1, -0.05) is 5.18 Å². The van der Waals surface area contributed by atoms with Crippen LogP contribution in [0.3, 0.4) is 0 Å². The zero-order valence-corrected chi connectivity index (χ0v) is 15.8. The quantitative estimate of drug-likeness (QED) is 0.256. The molecule has 4 unspecified atom stereocenters. The number of halogens is 1. The van der Waals surface area contributed by atoms with E-state index in [1.54, 1.807) is 13.1 Å². The number of carbonyl (C=O) groups is 1. The first-order chi connectivity index (χ1) is 13.0. The number of nitrogens with two attached hydrogens (primary N) is 1. The highest BCUT2D eigenvalue weighted by Gasteiger charge is 2.39. The number of anilines is 1. The molecule has 0 spiro atoms. The molecule has 10 nitrogen and oxygen atoms in total. The summed E-state index contributed by atoms with van der Waals surface area (Å²) in [6.45, 7) is 1.30. The third-order valence-corrected chi connectivity index (χ3v) is 4.53. The van der Waals surface area contributed by atoms with Crippen molar-refractivity contribution in [3.05, 3.63) is 23.4 Å². The predicted octanol–water partition coefficient (Wildman–Crippen LogP) is -0.0828.